The molecular weight excluding hydrogens is 295 g/mol. The van der Waals surface area contributed by atoms with E-state index in [-0.39, 0.29) is 36.6 Å². The van der Waals surface area contributed by atoms with Crippen molar-refractivity contribution >= 4 is 5.91 Å². The number of likely N-dealkylation sites (N-methyl/N-ethyl adjacent to an activating group) is 1. The van der Waals surface area contributed by atoms with Gasteiger partial charge in [0, 0.05) is 18.2 Å². The van der Waals surface area contributed by atoms with E-state index in [1.807, 2.05) is 24.9 Å². The number of hydrogen-bond donors (Lipinski definition) is 2. The molecule has 2 rings (SSSR count). The molecule has 0 saturated heterocycles. The van der Waals surface area contributed by atoms with Gasteiger partial charge in [0.15, 0.2) is 0 Å². The van der Waals surface area contributed by atoms with Gasteiger partial charge in [0.25, 0.3) is 0 Å². The zero-order chi connectivity index (χ0) is 16.8. The van der Waals surface area contributed by atoms with Crippen molar-refractivity contribution in [1.82, 2.24) is 10.2 Å². The van der Waals surface area contributed by atoms with Crippen LogP contribution >= 0.6 is 0 Å². The van der Waals surface area contributed by atoms with Gasteiger partial charge in [0.05, 0.1) is 6.54 Å². The van der Waals surface area contributed by atoms with E-state index < -0.39 is 0 Å². The summed E-state index contributed by atoms with van der Waals surface area (Å²) in [4.78, 5) is 13.9. The predicted octanol–water partition coefficient (Wildman–Crippen LogP) is 2.84. The number of amides is 1. The molecule has 4 nitrogen and oxygen atoms in total. The van der Waals surface area contributed by atoms with E-state index in [2.05, 4.69) is 5.32 Å². The number of benzene rings is 2. The summed E-state index contributed by atoms with van der Waals surface area (Å²) in [6.07, 6.45) is 0. The van der Waals surface area contributed by atoms with Crippen LogP contribution in [-0.2, 0) is 11.3 Å². The molecule has 23 heavy (non-hydrogen) atoms. The van der Waals surface area contributed by atoms with Gasteiger partial charge in [-0.25, -0.2) is 4.39 Å². The van der Waals surface area contributed by atoms with Gasteiger partial charge in [-0.3, -0.25) is 9.69 Å². The first-order chi connectivity index (χ1) is 11.0. The number of phenolic OH excluding ortho intramolecular Hbond substituents is 1. The maximum absolute atomic E-state index is 13.5. The minimum atomic E-state index is -0.325. The van der Waals surface area contributed by atoms with Crippen molar-refractivity contribution in [2.75, 3.05) is 13.6 Å². The minimum Gasteiger partial charge on any atom is -0.508 e. The molecule has 0 aliphatic carbocycles. The van der Waals surface area contributed by atoms with Crippen LogP contribution in [0.25, 0.3) is 0 Å². The topological polar surface area (TPSA) is 52.6 Å². The van der Waals surface area contributed by atoms with E-state index in [9.17, 15) is 14.3 Å². The number of rotatable bonds is 6. The largest absolute Gasteiger partial charge is 0.508 e. The van der Waals surface area contributed by atoms with Crippen molar-refractivity contribution in [3.05, 3.63) is 65.5 Å². The maximum Gasteiger partial charge on any atom is 0.234 e. The molecule has 1 atom stereocenters. The standard InChI is InChI=1S/C18H21FN2O2/c1-13(14-7-5-8-16(22)10-14)21(2)12-18(23)20-11-15-6-3-4-9-17(15)19/h3-10,13,22H,11-12H2,1-2H3,(H,20,23). The molecule has 0 aromatic heterocycles. The van der Waals surface area contributed by atoms with Crippen LogP contribution in [0.3, 0.4) is 0 Å². The van der Waals surface area contributed by atoms with E-state index >= 15 is 0 Å². The molecule has 0 spiro atoms. The fourth-order valence-electron chi connectivity index (χ4n) is 2.29. The number of hydrogen-bond acceptors (Lipinski definition) is 3. The smallest absolute Gasteiger partial charge is 0.234 e. The molecule has 2 aromatic carbocycles. The number of nitrogens with zero attached hydrogens (tertiary/aromatic N) is 1. The zero-order valence-electron chi connectivity index (χ0n) is 13.3. The number of halogens is 1. The number of aromatic hydroxyl groups is 1. The highest BCUT2D eigenvalue weighted by Crippen LogP contribution is 2.21. The third-order valence-corrected chi connectivity index (χ3v) is 3.84. The van der Waals surface area contributed by atoms with Crippen LogP contribution in [0.4, 0.5) is 4.39 Å². The summed E-state index contributed by atoms with van der Waals surface area (Å²) >= 11 is 0. The highest BCUT2D eigenvalue weighted by atomic mass is 19.1. The Hall–Kier alpha value is -2.40. The Morgan fingerprint density at radius 1 is 1.26 bits per heavy atom. The normalized spacial score (nSPS) is 12.2. The van der Waals surface area contributed by atoms with Gasteiger partial charge in [-0.1, -0.05) is 30.3 Å². The van der Waals surface area contributed by atoms with Crippen LogP contribution in [0.1, 0.15) is 24.1 Å². The summed E-state index contributed by atoms with van der Waals surface area (Å²) in [5.41, 5.74) is 1.39. The Morgan fingerprint density at radius 2 is 2.00 bits per heavy atom. The van der Waals surface area contributed by atoms with Crippen LogP contribution in [0.2, 0.25) is 0 Å². The summed E-state index contributed by atoms with van der Waals surface area (Å²) in [6.45, 7) is 2.31. The molecule has 0 saturated carbocycles. The Kier molecular flexibility index (Phi) is 5.71. The molecule has 2 aromatic rings. The molecule has 0 radical (unpaired) electrons. The van der Waals surface area contributed by atoms with E-state index in [4.69, 9.17) is 0 Å². The lowest BCUT2D eigenvalue weighted by molar-refractivity contribution is -0.122. The Morgan fingerprint density at radius 3 is 2.70 bits per heavy atom. The fourth-order valence-corrected chi connectivity index (χ4v) is 2.29. The lowest BCUT2D eigenvalue weighted by Crippen LogP contribution is -2.36. The summed E-state index contributed by atoms with van der Waals surface area (Å²) in [5, 5.41) is 12.2. The summed E-state index contributed by atoms with van der Waals surface area (Å²) in [5.74, 6) is -0.302. The van der Waals surface area contributed by atoms with E-state index in [0.29, 0.717) is 5.56 Å². The Labute approximate surface area is 135 Å². The molecule has 5 heteroatoms. The molecular formula is C18H21FN2O2. The van der Waals surface area contributed by atoms with Crippen LogP contribution in [0.5, 0.6) is 5.75 Å². The molecule has 2 N–H and O–H groups in total. The molecule has 1 amide bonds. The van der Waals surface area contributed by atoms with Crippen LogP contribution in [-0.4, -0.2) is 29.5 Å². The quantitative estimate of drug-likeness (QED) is 0.861. The second-order valence-electron chi connectivity index (χ2n) is 5.55. The third kappa shape index (κ3) is 4.79. The maximum atomic E-state index is 13.5. The molecule has 0 bridgehead atoms. The predicted molar refractivity (Wildman–Crippen MR) is 87.4 cm³/mol. The number of nitrogens with one attached hydrogen (secondary N) is 1. The highest BCUT2D eigenvalue weighted by Gasteiger charge is 2.15. The second-order valence-corrected chi connectivity index (χ2v) is 5.55. The lowest BCUT2D eigenvalue weighted by atomic mass is 10.1. The number of phenols is 1. The molecule has 0 aliphatic heterocycles. The molecule has 122 valence electrons. The molecule has 1 unspecified atom stereocenters. The molecule has 0 aliphatic rings. The zero-order valence-corrected chi connectivity index (χ0v) is 13.3. The first kappa shape index (κ1) is 17.0. The van der Waals surface area contributed by atoms with Gasteiger partial charge >= 0.3 is 0 Å². The second kappa shape index (κ2) is 7.74. The van der Waals surface area contributed by atoms with Gasteiger partial charge in [-0.15, -0.1) is 0 Å². The fraction of sp³-hybridized carbons (Fsp3) is 0.278. The first-order valence-electron chi connectivity index (χ1n) is 7.46. The molecule has 0 fully saturated rings. The van der Waals surface area contributed by atoms with Gasteiger partial charge in [-0.05, 0) is 37.7 Å². The van der Waals surface area contributed by atoms with Crippen molar-refractivity contribution in [2.24, 2.45) is 0 Å². The Balaban J connectivity index is 1.88. The van der Waals surface area contributed by atoms with Gasteiger partial charge in [0.2, 0.25) is 5.91 Å². The van der Waals surface area contributed by atoms with Crippen molar-refractivity contribution in [1.29, 1.82) is 0 Å². The number of carbonyl (C=O) groups excluding carboxylic acids is 1. The summed E-state index contributed by atoms with van der Waals surface area (Å²) < 4.78 is 13.5. The van der Waals surface area contributed by atoms with Crippen LogP contribution in [0, 0.1) is 5.82 Å². The highest BCUT2D eigenvalue weighted by molar-refractivity contribution is 5.78. The molecule has 0 heterocycles. The minimum absolute atomic E-state index is 0.0266. The number of carbonyl (C=O) groups is 1. The van der Waals surface area contributed by atoms with Gasteiger partial charge < -0.3 is 10.4 Å². The van der Waals surface area contributed by atoms with E-state index in [1.165, 1.54) is 6.07 Å². The summed E-state index contributed by atoms with van der Waals surface area (Å²) in [6, 6.07) is 13.3. The van der Waals surface area contributed by atoms with Crippen molar-refractivity contribution in [3.63, 3.8) is 0 Å². The van der Waals surface area contributed by atoms with E-state index in [1.54, 1.807) is 36.4 Å². The lowest BCUT2D eigenvalue weighted by Gasteiger charge is -2.24. The van der Waals surface area contributed by atoms with E-state index in [0.717, 1.165) is 5.56 Å². The summed E-state index contributed by atoms with van der Waals surface area (Å²) in [7, 11) is 1.83. The van der Waals surface area contributed by atoms with Gasteiger partial charge in [-0.2, -0.15) is 0 Å². The average molecular weight is 316 g/mol. The monoisotopic (exact) mass is 316 g/mol. The Bertz CT molecular complexity index is 676. The average Bonchev–Trinajstić information content (AvgIpc) is 2.53. The van der Waals surface area contributed by atoms with Crippen molar-refractivity contribution in [2.45, 2.75) is 19.5 Å². The van der Waals surface area contributed by atoms with Gasteiger partial charge in [0.1, 0.15) is 11.6 Å². The SMILES string of the molecule is CC(c1cccc(O)c1)N(C)CC(=O)NCc1ccccc1F. The first-order valence-corrected chi connectivity index (χ1v) is 7.46. The third-order valence-electron chi connectivity index (χ3n) is 3.84. The van der Waals surface area contributed by atoms with Crippen LogP contribution < -0.4 is 5.32 Å². The van der Waals surface area contributed by atoms with Crippen LogP contribution in [0.15, 0.2) is 48.5 Å². The van der Waals surface area contributed by atoms with Crippen molar-refractivity contribution in [3.8, 4) is 5.75 Å². The van der Waals surface area contributed by atoms with Crippen molar-refractivity contribution < 1.29 is 14.3 Å².